The second-order valence-corrected chi connectivity index (χ2v) is 5.08. The second-order valence-electron chi connectivity index (χ2n) is 5.08. The third-order valence-electron chi connectivity index (χ3n) is 3.64. The van der Waals surface area contributed by atoms with Gasteiger partial charge in [-0.05, 0) is 19.3 Å². The SMILES string of the molecule is Cc1nc2n(c1-c1ccccc1)CCC(C)C2. The summed E-state index contributed by atoms with van der Waals surface area (Å²) in [6.07, 6.45) is 2.39. The van der Waals surface area contributed by atoms with Crippen molar-refractivity contribution in [2.45, 2.75) is 33.2 Å². The fourth-order valence-corrected chi connectivity index (χ4v) is 2.75. The minimum atomic E-state index is 0.771. The first-order valence-electron chi connectivity index (χ1n) is 6.37. The van der Waals surface area contributed by atoms with E-state index in [9.17, 15) is 0 Å². The smallest absolute Gasteiger partial charge is 0.109 e. The minimum Gasteiger partial charge on any atom is -0.328 e. The van der Waals surface area contributed by atoms with Crippen molar-refractivity contribution in [1.29, 1.82) is 0 Å². The van der Waals surface area contributed by atoms with Gasteiger partial charge >= 0.3 is 0 Å². The molecule has 1 aromatic heterocycles. The van der Waals surface area contributed by atoms with E-state index in [4.69, 9.17) is 4.98 Å². The summed E-state index contributed by atoms with van der Waals surface area (Å²) in [5, 5.41) is 0. The standard InChI is InChI=1S/C15H18N2/c1-11-8-9-17-14(10-11)16-12(2)15(17)13-6-4-3-5-7-13/h3-7,11H,8-10H2,1-2H3. The number of aryl methyl sites for hydroxylation is 1. The number of fused-ring (bicyclic) bond motifs is 1. The van der Waals surface area contributed by atoms with Crippen molar-refractivity contribution in [1.82, 2.24) is 9.55 Å². The maximum atomic E-state index is 4.74. The normalized spacial score (nSPS) is 19.1. The van der Waals surface area contributed by atoms with E-state index in [0.717, 1.165) is 18.9 Å². The lowest BCUT2D eigenvalue weighted by molar-refractivity contribution is 0.411. The van der Waals surface area contributed by atoms with Gasteiger partial charge in [0.05, 0.1) is 11.4 Å². The molecule has 1 unspecified atom stereocenters. The van der Waals surface area contributed by atoms with E-state index in [1.54, 1.807) is 0 Å². The number of benzene rings is 1. The molecule has 1 aliphatic heterocycles. The third kappa shape index (κ3) is 1.78. The van der Waals surface area contributed by atoms with Gasteiger partial charge in [-0.25, -0.2) is 4.98 Å². The van der Waals surface area contributed by atoms with E-state index in [1.807, 2.05) is 0 Å². The Morgan fingerprint density at radius 2 is 2.00 bits per heavy atom. The summed E-state index contributed by atoms with van der Waals surface area (Å²) in [6.45, 7) is 5.55. The molecule has 17 heavy (non-hydrogen) atoms. The van der Waals surface area contributed by atoms with Gasteiger partial charge in [0.1, 0.15) is 5.82 Å². The van der Waals surface area contributed by atoms with Crippen molar-refractivity contribution in [3.63, 3.8) is 0 Å². The van der Waals surface area contributed by atoms with Crippen LogP contribution in [0, 0.1) is 12.8 Å². The summed E-state index contributed by atoms with van der Waals surface area (Å²) >= 11 is 0. The third-order valence-corrected chi connectivity index (χ3v) is 3.64. The molecule has 1 aromatic carbocycles. The van der Waals surface area contributed by atoms with Crippen LogP contribution in [0.3, 0.4) is 0 Å². The zero-order valence-electron chi connectivity index (χ0n) is 10.5. The summed E-state index contributed by atoms with van der Waals surface area (Å²) in [7, 11) is 0. The zero-order chi connectivity index (χ0) is 11.8. The van der Waals surface area contributed by atoms with Gasteiger partial charge in [-0.15, -0.1) is 0 Å². The molecule has 0 radical (unpaired) electrons. The molecule has 3 rings (SSSR count). The lowest BCUT2D eigenvalue weighted by Gasteiger charge is -2.21. The molecule has 2 nitrogen and oxygen atoms in total. The van der Waals surface area contributed by atoms with Crippen LogP contribution in [0.15, 0.2) is 30.3 Å². The summed E-state index contributed by atoms with van der Waals surface area (Å²) < 4.78 is 2.41. The molecule has 0 N–H and O–H groups in total. The van der Waals surface area contributed by atoms with Crippen LogP contribution in [0.4, 0.5) is 0 Å². The number of hydrogen-bond acceptors (Lipinski definition) is 1. The van der Waals surface area contributed by atoms with Crippen molar-refractivity contribution < 1.29 is 0 Å². The van der Waals surface area contributed by atoms with Crippen LogP contribution in [0.2, 0.25) is 0 Å². The van der Waals surface area contributed by atoms with Gasteiger partial charge in [0.15, 0.2) is 0 Å². The lowest BCUT2D eigenvalue weighted by atomic mass is 10.00. The van der Waals surface area contributed by atoms with Gasteiger partial charge in [-0.2, -0.15) is 0 Å². The predicted molar refractivity (Wildman–Crippen MR) is 69.9 cm³/mol. The Morgan fingerprint density at radius 3 is 2.76 bits per heavy atom. The monoisotopic (exact) mass is 226 g/mol. The van der Waals surface area contributed by atoms with Gasteiger partial charge in [-0.3, -0.25) is 0 Å². The summed E-state index contributed by atoms with van der Waals surface area (Å²) in [6, 6.07) is 10.6. The quantitative estimate of drug-likeness (QED) is 0.728. The molecule has 0 saturated carbocycles. The van der Waals surface area contributed by atoms with Gasteiger partial charge in [-0.1, -0.05) is 37.3 Å². The van der Waals surface area contributed by atoms with Crippen molar-refractivity contribution in [3.05, 3.63) is 41.9 Å². The molecule has 1 aliphatic rings. The Balaban J connectivity index is 2.12. The number of rotatable bonds is 1. The largest absolute Gasteiger partial charge is 0.328 e. The van der Waals surface area contributed by atoms with Crippen LogP contribution in [0.1, 0.15) is 24.9 Å². The first-order chi connectivity index (χ1) is 8.25. The maximum absolute atomic E-state index is 4.74. The molecular formula is C15H18N2. The molecule has 2 heteroatoms. The number of imidazole rings is 1. The highest BCUT2D eigenvalue weighted by Gasteiger charge is 2.21. The highest BCUT2D eigenvalue weighted by Crippen LogP contribution is 2.29. The zero-order valence-corrected chi connectivity index (χ0v) is 10.5. The number of hydrogen-bond donors (Lipinski definition) is 0. The summed E-state index contributed by atoms with van der Waals surface area (Å²) in [5.41, 5.74) is 3.77. The molecule has 0 bridgehead atoms. The Hall–Kier alpha value is -1.57. The summed E-state index contributed by atoms with van der Waals surface area (Å²) in [4.78, 5) is 4.74. The average molecular weight is 226 g/mol. The van der Waals surface area contributed by atoms with Crippen LogP contribution in [0.25, 0.3) is 11.3 Å². The molecular weight excluding hydrogens is 208 g/mol. The maximum Gasteiger partial charge on any atom is 0.109 e. The topological polar surface area (TPSA) is 17.8 Å². The molecule has 0 spiro atoms. The Kier molecular flexibility index (Phi) is 2.50. The van der Waals surface area contributed by atoms with Gasteiger partial charge in [0, 0.05) is 18.5 Å². The molecule has 2 heterocycles. The first kappa shape index (κ1) is 10.6. The van der Waals surface area contributed by atoms with Crippen molar-refractivity contribution in [3.8, 4) is 11.3 Å². The molecule has 1 atom stereocenters. The van der Waals surface area contributed by atoms with Crippen molar-refractivity contribution in [2.24, 2.45) is 5.92 Å². The summed E-state index contributed by atoms with van der Waals surface area (Å²) in [5.74, 6) is 2.04. The Labute approximate surface area is 102 Å². The van der Waals surface area contributed by atoms with Crippen LogP contribution < -0.4 is 0 Å². The van der Waals surface area contributed by atoms with Crippen LogP contribution in [-0.2, 0) is 13.0 Å². The molecule has 0 fully saturated rings. The molecule has 0 aliphatic carbocycles. The first-order valence-corrected chi connectivity index (χ1v) is 6.37. The predicted octanol–water partition coefficient (Wildman–Crippen LogP) is 3.44. The van der Waals surface area contributed by atoms with Crippen LogP contribution >= 0.6 is 0 Å². The number of aromatic nitrogens is 2. The van der Waals surface area contributed by atoms with E-state index >= 15 is 0 Å². The van der Waals surface area contributed by atoms with E-state index in [0.29, 0.717) is 0 Å². The average Bonchev–Trinajstić information content (AvgIpc) is 2.65. The van der Waals surface area contributed by atoms with Gasteiger partial charge in [0.25, 0.3) is 0 Å². The van der Waals surface area contributed by atoms with Crippen LogP contribution in [-0.4, -0.2) is 9.55 Å². The number of nitrogens with zero attached hydrogens (tertiary/aromatic N) is 2. The van der Waals surface area contributed by atoms with E-state index < -0.39 is 0 Å². The highest BCUT2D eigenvalue weighted by molar-refractivity contribution is 5.62. The Bertz CT molecular complexity index is 525. The van der Waals surface area contributed by atoms with Crippen molar-refractivity contribution >= 4 is 0 Å². The fourth-order valence-electron chi connectivity index (χ4n) is 2.75. The van der Waals surface area contributed by atoms with E-state index in [2.05, 4.69) is 48.7 Å². The van der Waals surface area contributed by atoms with E-state index in [1.165, 1.54) is 29.2 Å². The molecule has 88 valence electrons. The molecule has 0 amide bonds. The molecule has 0 saturated heterocycles. The minimum absolute atomic E-state index is 0.771. The van der Waals surface area contributed by atoms with Gasteiger partial charge in [0.2, 0.25) is 0 Å². The van der Waals surface area contributed by atoms with Gasteiger partial charge < -0.3 is 4.57 Å². The van der Waals surface area contributed by atoms with E-state index in [-0.39, 0.29) is 0 Å². The lowest BCUT2D eigenvalue weighted by Crippen LogP contribution is -2.17. The second kappa shape index (κ2) is 4.02. The highest BCUT2D eigenvalue weighted by atomic mass is 15.1. The molecule has 2 aromatic rings. The fraction of sp³-hybridized carbons (Fsp3) is 0.400. The van der Waals surface area contributed by atoms with Crippen molar-refractivity contribution in [2.75, 3.05) is 0 Å². The van der Waals surface area contributed by atoms with Crippen LogP contribution in [0.5, 0.6) is 0 Å². The Morgan fingerprint density at radius 1 is 1.24 bits per heavy atom.